The number of amides is 1. The smallest absolute Gasteiger partial charge is 0.261 e. The summed E-state index contributed by atoms with van der Waals surface area (Å²) in [6.07, 6.45) is 4.78. The minimum Gasteiger partial charge on any atom is -0.493 e. The second kappa shape index (κ2) is 11.5. The number of ether oxygens (including phenoxy) is 4. The standard InChI is InChI=1S/C28H26F2N4O5/c1-31-10-11-37-25-15-22-19(14-24(25)36-2)23(7-9-32-22)39-26-20(29)12-16(13-21(26)30)34-27(35)18-4-3-8-33-28(18)38-17-5-6-17/h3-4,7-9,12-15,17,31H,5-6,10-11H2,1-2H3,(H,34,35). The van der Waals surface area contributed by atoms with Crippen LogP contribution < -0.4 is 29.6 Å². The van der Waals surface area contributed by atoms with Crippen molar-refractivity contribution in [3.05, 3.63) is 72.1 Å². The van der Waals surface area contributed by atoms with Gasteiger partial charge in [-0.25, -0.2) is 13.8 Å². The second-order valence-corrected chi connectivity index (χ2v) is 8.78. The monoisotopic (exact) mass is 536 g/mol. The highest BCUT2D eigenvalue weighted by atomic mass is 19.1. The van der Waals surface area contributed by atoms with E-state index in [0.29, 0.717) is 35.6 Å². The second-order valence-electron chi connectivity index (χ2n) is 8.78. The summed E-state index contributed by atoms with van der Waals surface area (Å²) < 4.78 is 52.7. The van der Waals surface area contributed by atoms with Gasteiger partial charge in [0.1, 0.15) is 24.0 Å². The van der Waals surface area contributed by atoms with Crippen LogP contribution in [0.1, 0.15) is 23.2 Å². The average molecular weight is 537 g/mol. The molecule has 0 bridgehead atoms. The van der Waals surface area contributed by atoms with Gasteiger partial charge >= 0.3 is 0 Å². The predicted molar refractivity (Wildman–Crippen MR) is 140 cm³/mol. The highest BCUT2D eigenvalue weighted by molar-refractivity contribution is 6.05. The van der Waals surface area contributed by atoms with Gasteiger partial charge in [0.15, 0.2) is 28.9 Å². The SMILES string of the molecule is CNCCOc1cc2nccc(Oc3c(F)cc(NC(=O)c4cccnc4OC4CC4)cc3F)c2cc1OC. The fourth-order valence-corrected chi connectivity index (χ4v) is 3.79. The Labute approximate surface area is 223 Å². The molecule has 1 aliphatic rings. The number of anilines is 1. The van der Waals surface area contributed by atoms with E-state index in [1.165, 1.54) is 31.6 Å². The molecule has 11 heteroatoms. The van der Waals surface area contributed by atoms with Crippen LogP contribution in [0.5, 0.6) is 28.9 Å². The molecule has 0 spiro atoms. The third-order valence-electron chi connectivity index (χ3n) is 5.88. The quantitative estimate of drug-likeness (QED) is 0.255. The lowest BCUT2D eigenvalue weighted by molar-refractivity contribution is 0.102. The van der Waals surface area contributed by atoms with E-state index in [1.807, 2.05) is 7.05 Å². The van der Waals surface area contributed by atoms with Crippen molar-refractivity contribution in [2.24, 2.45) is 0 Å². The Morgan fingerprint density at radius 3 is 2.54 bits per heavy atom. The van der Waals surface area contributed by atoms with E-state index in [2.05, 4.69) is 20.6 Å². The Bertz CT molecular complexity index is 1490. The summed E-state index contributed by atoms with van der Waals surface area (Å²) >= 11 is 0. The number of carbonyl (C=O) groups excluding carboxylic acids is 1. The number of carbonyl (C=O) groups is 1. The number of nitrogens with one attached hydrogen (secondary N) is 2. The van der Waals surface area contributed by atoms with Gasteiger partial charge in [-0.05, 0) is 44.2 Å². The number of hydrogen-bond acceptors (Lipinski definition) is 8. The zero-order chi connectivity index (χ0) is 27.4. The minimum atomic E-state index is -1.00. The van der Waals surface area contributed by atoms with Crippen molar-refractivity contribution in [3.63, 3.8) is 0 Å². The van der Waals surface area contributed by atoms with Gasteiger partial charge in [0.05, 0.1) is 12.6 Å². The molecular weight excluding hydrogens is 510 g/mol. The number of halogens is 2. The lowest BCUT2D eigenvalue weighted by Gasteiger charge is -2.15. The van der Waals surface area contributed by atoms with Gasteiger partial charge in [-0.2, -0.15) is 0 Å². The summed E-state index contributed by atoms with van der Waals surface area (Å²) in [4.78, 5) is 21.2. The maximum Gasteiger partial charge on any atom is 0.261 e. The van der Waals surface area contributed by atoms with Crippen molar-refractivity contribution in [2.75, 3.05) is 32.6 Å². The summed E-state index contributed by atoms with van der Waals surface area (Å²) in [5, 5.41) is 5.95. The van der Waals surface area contributed by atoms with E-state index in [9.17, 15) is 4.79 Å². The molecule has 2 aromatic carbocycles. The molecule has 1 amide bonds. The molecule has 1 saturated carbocycles. The summed E-state index contributed by atoms with van der Waals surface area (Å²) in [7, 11) is 3.30. The van der Waals surface area contributed by atoms with Crippen molar-refractivity contribution in [1.29, 1.82) is 0 Å². The molecule has 202 valence electrons. The van der Waals surface area contributed by atoms with Gasteiger partial charge in [-0.15, -0.1) is 0 Å². The fourth-order valence-electron chi connectivity index (χ4n) is 3.79. The zero-order valence-electron chi connectivity index (χ0n) is 21.3. The van der Waals surface area contributed by atoms with Crippen LogP contribution in [-0.2, 0) is 0 Å². The third-order valence-corrected chi connectivity index (χ3v) is 5.88. The first-order valence-corrected chi connectivity index (χ1v) is 12.3. The van der Waals surface area contributed by atoms with Crippen molar-refractivity contribution in [3.8, 4) is 28.9 Å². The van der Waals surface area contributed by atoms with Gasteiger partial charge in [-0.3, -0.25) is 9.78 Å². The molecule has 0 atom stereocenters. The Balaban J connectivity index is 1.38. The summed E-state index contributed by atoms with van der Waals surface area (Å²) in [5.41, 5.74) is 0.559. The molecule has 2 aromatic heterocycles. The van der Waals surface area contributed by atoms with E-state index in [-0.39, 0.29) is 29.0 Å². The van der Waals surface area contributed by atoms with Crippen LogP contribution in [-0.4, -0.2) is 49.3 Å². The number of benzene rings is 2. The average Bonchev–Trinajstić information content (AvgIpc) is 3.75. The fraction of sp³-hybridized carbons (Fsp3) is 0.250. The number of pyridine rings is 2. The minimum absolute atomic E-state index is 0.0273. The van der Waals surface area contributed by atoms with Crippen LogP contribution in [0, 0.1) is 11.6 Å². The van der Waals surface area contributed by atoms with E-state index < -0.39 is 23.3 Å². The van der Waals surface area contributed by atoms with Crippen LogP contribution in [0.2, 0.25) is 0 Å². The Morgan fingerprint density at radius 2 is 1.82 bits per heavy atom. The Hall–Kier alpha value is -4.51. The predicted octanol–water partition coefficient (Wildman–Crippen LogP) is 5.10. The van der Waals surface area contributed by atoms with Crippen molar-refractivity contribution in [2.45, 2.75) is 18.9 Å². The van der Waals surface area contributed by atoms with Gasteiger partial charge in [0.25, 0.3) is 5.91 Å². The number of methoxy groups -OCH3 is 1. The number of nitrogens with zero attached hydrogens (tertiary/aromatic N) is 2. The maximum absolute atomic E-state index is 15.1. The number of likely N-dealkylation sites (N-methyl/N-ethyl adjacent to an activating group) is 1. The Morgan fingerprint density at radius 1 is 1.03 bits per heavy atom. The van der Waals surface area contributed by atoms with Gasteiger partial charge in [0.2, 0.25) is 5.88 Å². The lowest BCUT2D eigenvalue weighted by atomic mass is 10.1. The number of hydrogen-bond donors (Lipinski definition) is 2. The number of aromatic nitrogens is 2. The van der Waals surface area contributed by atoms with Gasteiger partial charge in [0, 0.05) is 48.2 Å². The van der Waals surface area contributed by atoms with Gasteiger partial charge < -0.3 is 29.6 Å². The Kier molecular flexibility index (Phi) is 7.69. The third kappa shape index (κ3) is 5.99. The van der Waals surface area contributed by atoms with Crippen LogP contribution >= 0.6 is 0 Å². The van der Waals surface area contributed by atoms with Gasteiger partial charge in [-0.1, -0.05) is 0 Å². The van der Waals surface area contributed by atoms with Crippen LogP contribution in [0.3, 0.4) is 0 Å². The molecule has 1 fully saturated rings. The summed E-state index contributed by atoms with van der Waals surface area (Å²) in [6, 6.07) is 9.86. The molecule has 5 rings (SSSR count). The zero-order valence-corrected chi connectivity index (χ0v) is 21.3. The molecule has 9 nitrogen and oxygen atoms in total. The van der Waals surface area contributed by atoms with Crippen molar-refractivity contribution in [1.82, 2.24) is 15.3 Å². The van der Waals surface area contributed by atoms with E-state index >= 15 is 8.78 Å². The maximum atomic E-state index is 15.1. The first-order chi connectivity index (χ1) is 19.0. The molecule has 0 saturated heterocycles. The van der Waals surface area contributed by atoms with Crippen molar-refractivity contribution < 1.29 is 32.5 Å². The largest absolute Gasteiger partial charge is 0.493 e. The molecule has 39 heavy (non-hydrogen) atoms. The highest BCUT2D eigenvalue weighted by Gasteiger charge is 2.27. The molecular formula is C28H26F2N4O5. The first-order valence-electron chi connectivity index (χ1n) is 12.3. The summed E-state index contributed by atoms with van der Waals surface area (Å²) in [5.74, 6) is -2.03. The molecule has 2 N–H and O–H groups in total. The van der Waals surface area contributed by atoms with E-state index in [4.69, 9.17) is 18.9 Å². The lowest BCUT2D eigenvalue weighted by Crippen LogP contribution is -2.16. The molecule has 0 radical (unpaired) electrons. The number of rotatable bonds is 11. The van der Waals surface area contributed by atoms with Crippen LogP contribution in [0.4, 0.5) is 14.5 Å². The van der Waals surface area contributed by atoms with E-state index in [0.717, 1.165) is 25.0 Å². The highest BCUT2D eigenvalue weighted by Crippen LogP contribution is 2.38. The summed E-state index contributed by atoms with van der Waals surface area (Å²) in [6.45, 7) is 1.04. The molecule has 2 heterocycles. The first kappa shape index (κ1) is 26.1. The van der Waals surface area contributed by atoms with Crippen LogP contribution in [0.15, 0.2) is 54.9 Å². The van der Waals surface area contributed by atoms with Crippen LogP contribution in [0.25, 0.3) is 10.9 Å². The normalized spacial score (nSPS) is 12.7. The van der Waals surface area contributed by atoms with Crippen molar-refractivity contribution >= 4 is 22.5 Å². The molecule has 1 aliphatic carbocycles. The molecule has 0 unspecified atom stereocenters. The topological polar surface area (TPSA) is 104 Å². The molecule has 4 aromatic rings. The van der Waals surface area contributed by atoms with E-state index in [1.54, 1.807) is 18.2 Å². The number of fused-ring (bicyclic) bond motifs is 1. The molecule has 0 aliphatic heterocycles.